The van der Waals surface area contributed by atoms with Crippen molar-refractivity contribution >= 4 is 0 Å². The summed E-state index contributed by atoms with van der Waals surface area (Å²) in [5.74, 6) is 0. The van der Waals surface area contributed by atoms with Crippen molar-refractivity contribution in [3.05, 3.63) is 11.9 Å². The Bertz CT molecular complexity index is 175. The number of aromatic amines is 1. The van der Waals surface area contributed by atoms with Crippen LogP contribution in [0.1, 0.15) is 12.1 Å². The van der Waals surface area contributed by atoms with E-state index < -0.39 is 0 Å². The van der Waals surface area contributed by atoms with Crippen LogP contribution in [0.3, 0.4) is 0 Å². The summed E-state index contributed by atoms with van der Waals surface area (Å²) in [6.07, 6.45) is 2.45. The van der Waals surface area contributed by atoms with E-state index in [0.717, 1.165) is 18.7 Å². The van der Waals surface area contributed by atoms with Gasteiger partial charge in [-0.05, 0) is 13.0 Å². The van der Waals surface area contributed by atoms with Crippen LogP contribution in [0.15, 0.2) is 6.20 Å². The fourth-order valence-corrected chi connectivity index (χ4v) is 0.731. The summed E-state index contributed by atoms with van der Waals surface area (Å²) in [5, 5.41) is 21.6. The van der Waals surface area contributed by atoms with Crippen LogP contribution in [-0.4, -0.2) is 33.7 Å². The molecule has 5 nitrogen and oxygen atoms in total. The lowest BCUT2D eigenvalue weighted by Crippen LogP contribution is -2.15. The van der Waals surface area contributed by atoms with Gasteiger partial charge in [0.15, 0.2) is 0 Å². The van der Waals surface area contributed by atoms with Gasteiger partial charge in [-0.3, -0.25) is 0 Å². The van der Waals surface area contributed by atoms with Gasteiger partial charge in [0.25, 0.3) is 0 Å². The Kier molecular flexibility index (Phi) is 3.57. The topological polar surface area (TPSA) is 73.8 Å². The predicted octanol–water partition coefficient (Wildman–Crippen LogP) is -0.723. The molecule has 5 heteroatoms. The summed E-state index contributed by atoms with van der Waals surface area (Å²) in [6.45, 7) is 1.74. The third-order valence-electron chi connectivity index (χ3n) is 1.28. The molecular weight excluding hydrogens is 144 g/mol. The zero-order chi connectivity index (χ0) is 7.94. The first-order valence-corrected chi connectivity index (χ1v) is 3.59. The van der Waals surface area contributed by atoms with E-state index in [0.29, 0.717) is 6.54 Å². The van der Waals surface area contributed by atoms with Crippen molar-refractivity contribution in [2.45, 2.75) is 13.0 Å². The smallest absolute Gasteiger partial charge is 0.0962 e. The molecule has 3 N–H and O–H groups in total. The van der Waals surface area contributed by atoms with Crippen LogP contribution in [0.2, 0.25) is 0 Å². The van der Waals surface area contributed by atoms with Crippen molar-refractivity contribution < 1.29 is 5.11 Å². The Morgan fingerprint density at radius 2 is 2.55 bits per heavy atom. The van der Waals surface area contributed by atoms with Gasteiger partial charge < -0.3 is 10.4 Å². The molecule has 0 aliphatic carbocycles. The minimum Gasteiger partial charge on any atom is -0.396 e. The minimum absolute atomic E-state index is 0.228. The number of hydrogen-bond acceptors (Lipinski definition) is 4. The van der Waals surface area contributed by atoms with Gasteiger partial charge in [0.1, 0.15) is 0 Å². The number of H-pyrrole nitrogens is 1. The zero-order valence-electron chi connectivity index (χ0n) is 6.25. The van der Waals surface area contributed by atoms with Crippen molar-refractivity contribution in [3.63, 3.8) is 0 Å². The first-order chi connectivity index (χ1) is 5.43. The summed E-state index contributed by atoms with van der Waals surface area (Å²) in [6, 6.07) is 0. The van der Waals surface area contributed by atoms with Crippen LogP contribution in [0, 0.1) is 0 Å². The zero-order valence-corrected chi connectivity index (χ0v) is 6.25. The van der Waals surface area contributed by atoms with Crippen LogP contribution in [0.4, 0.5) is 0 Å². The van der Waals surface area contributed by atoms with Gasteiger partial charge in [-0.2, -0.15) is 15.4 Å². The summed E-state index contributed by atoms with van der Waals surface area (Å²) >= 11 is 0. The van der Waals surface area contributed by atoms with E-state index in [9.17, 15) is 0 Å². The van der Waals surface area contributed by atoms with Crippen LogP contribution in [0.5, 0.6) is 0 Å². The molecule has 11 heavy (non-hydrogen) atoms. The fourth-order valence-electron chi connectivity index (χ4n) is 0.731. The summed E-state index contributed by atoms with van der Waals surface area (Å²) in [5.41, 5.74) is 0.892. The van der Waals surface area contributed by atoms with Gasteiger partial charge >= 0.3 is 0 Å². The van der Waals surface area contributed by atoms with Crippen LogP contribution < -0.4 is 5.32 Å². The molecule has 1 rings (SSSR count). The number of nitrogens with one attached hydrogen (secondary N) is 2. The fraction of sp³-hybridized carbons (Fsp3) is 0.667. The molecule has 0 aromatic carbocycles. The largest absolute Gasteiger partial charge is 0.396 e. The lowest BCUT2D eigenvalue weighted by atomic mass is 10.4. The normalized spacial score (nSPS) is 10.3. The number of aliphatic hydroxyl groups is 1. The maximum absolute atomic E-state index is 8.45. The van der Waals surface area contributed by atoms with E-state index >= 15 is 0 Å². The molecule has 0 aliphatic heterocycles. The highest BCUT2D eigenvalue weighted by Gasteiger charge is 1.92. The van der Waals surface area contributed by atoms with Gasteiger partial charge in [-0.1, -0.05) is 0 Å². The molecule has 0 saturated carbocycles. The number of rotatable bonds is 5. The highest BCUT2D eigenvalue weighted by molar-refractivity contribution is 4.88. The lowest BCUT2D eigenvalue weighted by molar-refractivity contribution is 0.286. The first kappa shape index (κ1) is 8.16. The van der Waals surface area contributed by atoms with Gasteiger partial charge in [0.05, 0.1) is 11.9 Å². The molecule has 0 saturated heterocycles. The number of aromatic nitrogens is 3. The predicted molar refractivity (Wildman–Crippen MR) is 39.8 cm³/mol. The molecule has 0 spiro atoms. The van der Waals surface area contributed by atoms with Crippen molar-refractivity contribution in [1.82, 2.24) is 20.7 Å². The van der Waals surface area contributed by atoms with E-state index in [2.05, 4.69) is 20.7 Å². The summed E-state index contributed by atoms with van der Waals surface area (Å²) in [4.78, 5) is 0. The van der Waals surface area contributed by atoms with Crippen LogP contribution in [-0.2, 0) is 6.54 Å². The highest BCUT2D eigenvalue weighted by Crippen LogP contribution is 1.86. The van der Waals surface area contributed by atoms with Crippen molar-refractivity contribution in [1.29, 1.82) is 0 Å². The lowest BCUT2D eigenvalue weighted by Gasteiger charge is -1.98. The Hall–Kier alpha value is -0.940. The highest BCUT2D eigenvalue weighted by atomic mass is 16.3. The number of hydrogen-bond donors (Lipinski definition) is 3. The molecule has 1 aromatic rings. The molecule has 0 aliphatic rings. The summed E-state index contributed by atoms with van der Waals surface area (Å²) in [7, 11) is 0. The molecule has 0 radical (unpaired) electrons. The number of aliphatic hydroxyl groups excluding tert-OH is 1. The van der Waals surface area contributed by atoms with Gasteiger partial charge in [0.2, 0.25) is 0 Å². The second-order valence-corrected chi connectivity index (χ2v) is 2.22. The van der Waals surface area contributed by atoms with E-state index in [-0.39, 0.29) is 6.61 Å². The quantitative estimate of drug-likeness (QED) is 0.492. The van der Waals surface area contributed by atoms with E-state index in [1.165, 1.54) is 0 Å². The molecule has 0 amide bonds. The molecule has 1 heterocycles. The molecule has 0 fully saturated rings. The molecule has 1 aromatic heterocycles. The second kappa shape index (κ2) is 4.81. The van der Waals surface area contributed by atoms with Crippen LogP contribution in [0.25, 0.3) is 0 Å². The standard InChI is InChI=1S/C6H12N4O/c11-3-1-2-7-4-6-5-8-10-9-6/h5,7,11H,1-4H2,(H,8,9,10). The third-order valence-corrected chi connectivity index (χ3v) is 1.28. The summed E-state index contributed by atoms with van der Waals surface area (Å²) < 4.78 is 0. The second-order valence-electron chi connectivity index (χ2n) is 2.22. The van der Waals surface area contributed by atoms with Crippen molar-refractivity contribution in [3.8, 4) is 0 Å². The van der Waals surface area contributed by atoms with Crippen molar-refractivity contribution in [2.24, 2.45) is 0 Å². The van der Waals surface area contributed by atoms with E-state index in [1.54, 1.807) is 6.20 Å². The Morgan fingerprint density at radius 3 is 3.18 bits per heavy atom. The molecule has 62 valence electrons. The molecule has 0 atom stereocenters. The van der Waals surface area contributed by atoms with Crippen LogP contribution >= 0.6 is 0 Å². The first-order valence-electron chi connectivity index (χ1n) is 3.59. The molecule has 0 bridgehead atoms. The van der Waals surface area contributed by atoms with Gasteiger partial charge in [-0.25, -0.2) is 0 Å². The average Bonchev–Trinajstić information content (AvgIpc) is 2.50. The molecule has 0 unspecified atom stereocenters. The average molecular weight is 156 g/mol. The SMILES string of the molecule is OCCCNCc1cn[nH]n1. The maximum atomic E-state index is 8.45. The molecular formula is C6H12N4O. The van der Waals surface area contributed by atoms with E-state index in [1.807, 2.05) is 0 Å². The van der Waals surface area contributed by atoms with E-state index in [4.69, 9.17) is 5.11 Å². The Labute approximate surface area is 64.8 Å². The number of nitrogens with zero attached hydrogens (tertiary/aromatic N) is 2. The monoisotopic (exact) mass is 156 g/mol. The third kappa shape index (κ3) is 3.10. The van der Waals surface area contributed by atoms with Crippen molar-refractivity contribution in [2.75, 3.05) is 13.2 Å². The Balaban J connectivity index is 2.04. The van der Waals surface area contributed by atoms with Gasteiger partial charge in [-0.15, -0.1) is 0 Å². The van der Waals surface area contributed by atoms with Gasteiger partial charge in [0, 0.05) is 13.2 Å². The maximum Gasteiger partial charge on any atom is 0.0962 e. The Morgan fingerprint density at radius 1 is 1.64 bits per heavy atom. The minimum atomic E-state index is 0.228.